The molecule has 11 rings (SSSR count). The van der Waals surface area contributed by atoms with Gasteiger partial charge in [0.15, 0.2) is 23.1 Å². The van der Waals surface area contributed by atoms with E-state index in [1.165, 1.54) is 45.3 Å². The van der Waals surface area contributed by atoms with Gasteiger partial charge in [-0.05, 0) is 35.4 Å². The van der Waals surface area contributed by atoms with E-state index in [-0.39, 0.29) is 47.5 Å². The molecule has 0 atom stereocenters. The first-order valence-electron chi connectivity index (χ1n) is 19.1. The lowest BCUT2D eigenvalue weighted by Gasteiger charge is -2.27. The Morgan fingerprint density at radius 1 is 0.475 bits per heavy atom. The van der Waals surface area contributed by atoms with Crippen molar-refractivity contribution >= 4 is 111 Å². The molecule has 3 aliphatic rings. The number of carbonyl (C=O) groups excluding carboxylic acids is 6. The Bertz CT molecular complexity index is 3020. The summed E-state index contributed by atoms with van der Waals surface area (Å²) in [6.07, 6.45) is 3.17. The first-order valence-corrected chi connectivity index (χ1v) is 22.4. The van der Waals surface area contributed by atoms with Gasteiger partial charge < -0.3 is 9.47 Å². The van der Waals surface area contributed by atoms with E-state index in [1.54, 1.807) is 60.7 Å². The lowest BCUT2D eigenvalue weighted by atomic mass is 9.79. The molecule has 3 aliphatic carbocycles. The number of fused-ring (bicyclic) bond motifs is 9. The number of rotatable bonds is 8. The molecule has 0 fully saturated rings. The van der Waals surface area contributed by atoms with Crippen molar-refractivity contribution in [2.45, 2.75) is 18.6 Å². The summed E-state index contributed by atoms with van der Waals surface area (Å²) in [4.78, 5) is 86.9. The highest BCUT2D eigenvalue weighted by Gasteiger charge is 2.62. The normalized spacial score (nSPS) is 14.7. The molecule has 0 unspecified atom stereocenters. The summed E-state index contributed by atoms with van der Waals surface area (Å²) in [6, 6.07) is 35.6. The molecule has 12 heteroatoms. The third kappa shape index (κ3) is 5.67. The van der Waals surface area contributed by atoms with Gasteiger partial charge in [-0.3, -0.25) is 28.8 Å². The van der Waals surface area contributed by atoms with Crippen molar-refractivity contribution in [3.63, 3.8) is 0 Å². The predicted octanol–water partition coefficient (Wildman–Crippen LogP) is 10.9. The Morgan fingerprint density at radius 3 is 1.18 bits per heavy atom. The van der Waals surface area contributed by atoms with Crippen LogP contribution < -0.4 is 0 Å². The van der Waals surface area contributed by atoms with Crippen LogP contribution in [-0.4, -0.2) is 35.1 Å². The van der Waals surface area contributed by atoms with Gasteiger partial charge in [-0.25, -0.2) is 0 Å². The molecule has 294 valence electrons. The van der Waals surface area contributed by atoms with Crippen LogP contribution in [0.1, 0.15) is 73.4 Å². The second-order valence-corrected chi connectivity index (χ2v) is 19.0. The predicted molar refractivity (Wildman–Crippen MR) is 238 cm³/mol. The van der Waals surface area contributed by atoms with Crippen LogP contribution in [0.2, 0.25) is 0 Å². The minimum Gasteiger partial charge on any atom is -0.459 e. The minimum absolute atomic E-state index is 0.0472. The van der Waals surface area contributed by atoms with Gasteiger partial charge >= 0.3 is 11.9 Å². The van der Waals surface area contributed by atoms with Crippen molar-refractivity contribution in [1.29, 1.82) is 0 Å². The topological polar surface area (TPSA) is 121 Å². The molecule has 0 spiro atoms. The Kier molecular flexibility index (Phi) is 8.69. The average molecular weight is 871 g/mol. The lowest BCUT2D eigenvalue weighted by Crippen LogP contribution is -2.45. The van der Waals surface area contributed by atoms with Crippen molar-refractivity contribution in [3.8, 4) is 9.75 Å². The highest BCUT2D eigenvalue weighted by atomic mass is 32.1. The number of Topliss-reactive ketones (excluding diaryl/α,β-unsaturated/α-hetero) is 4. The largest absolute Gasteiger partial charge is 0.459 e. The molecule has 0 aliphatic heterocycles. The molecule has 0 N–H and O–H groups in total. The van der Waals surface area contributed by atoms with Crippen LogP contribution in [0.25, 0.3) is 40.7 Å². The van der Waals surface area contributed by atoms with E-state index >= 15 is 9.59 Å². The van der Waals surface area contributed by atoms with Crippen molar-refractivity contribution in [2.75, 3.05) is 0 Å². The van der Waals surface area contributed by atoms with Crippen LogP contribution in [0.5, 0.6) is 0 Å². The van der Waals surface area contributed by atoms with E-state index < -0.39 is 17.4 Å². The fourth-order valence-corrected chi connectivity index (χ4v) is 13.9. The van der Waals surface area contributed by atoms with E-state index in [4.69, 9.17) is 9.47 Å². The zero-order chi connectivity index (χ0) is 41.6. The Morgan fingerprint density at radius 2 is 0.820 bits per heavy atom. The number of benzene rings is 4. The molecule has 4 aromatic heterocycles. The molecule has 4 aromatic carbocycles. The summed E-state index contributed by atoms with van der Waals surface area (Å²) in [5.74, 6) is -3.06. The molecule has 0 radical (unpaired) electrons. The van der Waals surface area contributed by atoms with Gasteiger partial charge in [-0.15, -0.1) is 45.3 Å². The molecular weight excluding hydrogens is 845 g/mol. The summed E-state index contributed by atoms with van der Waals surface area (Å²) in [5, 5.41) is 0. The van der Waals surface area contributed by atoms with Gasteiger partial charge in [0.1, 0.15) is 13.2 Å². The SMILES string of the molecule is O=C1C(=Cc2cc3sc4c(c3s2)C(C(=O)OCc2ccccc2)(C(=O)OCc2ccccc2)c2c-4sc3cc(C=C4C(=O)c5ccccc5C4=O)sc23)C(=O)c2ccccc21. The van der Waals surface area contributed by atoms with Crippen molar-refractivity contribution in [3.05, 3.63) is 187 Å². The van der Waals surface area contributed by atoms with E-state index in [2.05, 4.69) is 0 Å². The van der Waals surface area contributed by atoms with E-state index in [1.807, 2.05) is 72.8 Å². The van der Waals surface area contributed by atoms with E-state index in [0.717, 1.165) is 20.5 Å². The monoisotopic (exact) mass is 870 g/mol. The summed E-state index contributed by atoms with van der Waals surface area (Å²) in [5.41, 5.74) is 1.71. The minimum atomic E-state index is -2.10. The average Bonchev–Trinajstić information content (AvgIpc) is 4.14. The zero-order valence-electron chi connectivity index (χ0n) is 31.5. The van der Waals surface area contributed by atoms with Crippen LogP contribution in [0, 0.1) is 0 Å². The Hall–Kier alpha value is -6.70. The number of thiophene rings is 4. The van der Waals surface area contributed by atoms with Gasteiger partial charge in [-0.1, -0.05) is 109 Å². The quantitative estimate of drug-likeness (QED) is 0.0640. The summed E-state index contributed by atoms with van der Waals surface area (Å²) < 4.78 is 15.1. The van der Waals surface area contributed by atoms with Crippen molar-refractivity contribution in [2.24, 2.45) is 0 Å². The molecule has 0 saturated carbocycles. The van der Waals surface area contributed by atoms with Crippen LogP contribution >= 0.6 is 45.3 Å². The third-order valence-electron chi connectivity index (χ3n) is 11.1. The van der Waals surface area contributed by atoms with Crippen LogP contribution in [0.15, 0.2) is 132 Å². The summed E-state index contributed by atoms with van der Waals surface area (Å²) in [7, 11) is 0. The van der Waals surface area contributed by atoms with Crippen molar-refractivity contribution < 1.29 is 38.2 Å². The Labute approximate surface area is 362 Å². The Balaban J connectivity index is 1.09. The molecule has 4 heterocycles. The molecular formula is C49H26O8S4. The standard InChI is InChI=1S/C49H26O8S4/c50-39-29-15-7-8-16-30(29)40(51)33(39)19-27-21-35-43(58-27)37-45(60-35)46-38(44-36(61-46)22-28(59-44)20-34-41(52)31-17-9-10-18-32(31)42(34)53)49(37,47(54)56-23-25-11-3-1-4-12-25)48(55)57-24-26-13-5-2-6-14-26/h1-22H,23-24H2. The smallest absolute Gasteiger partial charge is 0.333 e. The number of allylic oxidation sites excluding steroid dienone is 2. The number of esters is 2. The van der Waals surface area contributed by atoms with Gasteiger partial charge in [0.2, 0.25) is 5.41 Å². The summed E-state index contributed by atoms with van der Waals surface area (Å²) in [6.45, 7) is -0.227. The number of hydrogen-bond donors (Lipinski definition) is 0. The molecule has 0 amide bonds. The van der Waals surface area contributed by atoms with Gasteiger partial charge in [0.05, 0.1) is 30.3 Å². The first-order chi connectivity index (χ1) is 29.7. The number of ketones is 4. The van der Waals surface area contributed by atoms with Crippen molar-refractivity contribution in [1.82, 2.24) is 0 Å². The second kappa shape index (κ2) is 14.2. The van der Waals surface area contributed by atoms with E-state index in [9.17, 15) is 19.2 Å². The maximum Gasteiger partial charge on any atom is 0.333 e. The highest BCUT2D eigenvalue weighted by Crippen LogP contribution is 2.63. The zero-order valence-corrected chi connectivity index (χ0v) is 34.8. The molecule has 8 nitrogen and oxygen atoms in total. The third-order valence-corrected chi connectivity index (χ3v) is 16.0. The van der Waals surface area contributed by atoms with Gasteiger partial charge in [-0.2, -0.15) is 0 Å². The number of ether oxygens (including phenoxy) is 2. The lowest BCUT2D eigenvalue weighted by molar-refractivity contribution is -0.164. The molecule has 0 saturated heterocycles. The molecule has 8 aromatic rings. The first kappa shape index (κ1) is 37.3. The second-order valence-electron chi connectivity index (χ2n) is 14.7. The fraction of sp³-hybridized carbons (Fsp3) is 0.0612. The molecule has 0 bridgehead atoms. The fourth-order valence-electron chi connectivity index (χ4n) is 8.33. The highest BCUT2D eigenvalue weighted by molar-refractivity contribution is 7.35. The number of hydrogen-bond acceptors (Lipinski definition) is 12. The summed E-state index contributed by atoms with van der Waals surface area (Å²) >= 11 is 5.40. The van der Waals surface area contributed by atoms with Gasteiger partial charge in [0.25, 0.3) is 0 Å². The maximum atomic E-state index is 15.3. The molecule has 61 heavy (non-hydrogen) atoms. The maximum absolute atomic E-state index is 15.3. The van der Waals surface area contributed by atoms with Crippen LogP contribution in [0.4, 0.5) is 0 Å². The number of carbonyl (C=O) groups is 6. The van der Waals surface area contributed by atoms with E-state index in [0.29, 0.717) is 62.3 Å². The van der Waals surface area contributed by atoms with Gasteiger partial charge in [0, 0.05) is 52.5 Å². The van der Waals surface area contributed by atoms with Crippen LogP contribution in [0.3, 0.4) is 0 Å². The van der Waals surface area contributed by atoms with Crippen LogP contribution in [-0.2, 0) is 37.7 Å².